The third kappa shape index (κ3) is 3.35. The zero-order valence-electron chi connectivity index (χ0n) is 14.9. The van der Waals surface area contributed by atoms with Crippen LogP contribution in [0.3, 0.4) is 0 Å². The molecule has 0 fully saturated rings. The van der Waals surface area contributed by atoms with Crippen molar-refractivity contribution in [1.82, 2.24) is 5.16 Å². The smallest absolute Gasteiger partial charge is 0.262 e. The lowest BCUT2D eigenvalue weighted by Crippen LogP contribution is -2.15. The van der Waals surface area contributed by atoms with Gasteiger partial charge < -0.3 is 4.52 Å². The number of anilines is 1. The fourth-order valence-electron chi connectivity index (χ4n) is 2.88. The van der Waals surface area contributed by atoms with E-state index in [1.165, 1.54) is 18.2 Å². The van der Waals surface area contributed by atoms with Crippen molar-refractivity contribution < 1.29 is 17.3 Å². The second-order valence-corrected chi connectivity index (χ2v) is 7.90. The van der Waals surface area contributed by atoms with Gasteiger partial charge in [0, 0.05) is 5.56 Å². The van der Waals surface area contributed by atoms with Crippen LogP contribution in [0.2, 0.25) is 0 Å². The molecule has 0 atom stereocenters. The maximum absolute atomic E-state index is 13.3. The van der Waals surface area contributed by atoms with Gasteiger partial charge in [-0.2, -0.15) is 0 Å². The summed E-state index contributed by atoms with van der Waals surface area (Å²) in [6.45, 7) is 6.96. The maximum Gasteiger partial charge on any atom is 0.262 e. The Kier molecular flexibility index (Phi) is 4.58. The summed E-state index contributed by atoms with van der Waals surface area (Å²) in [6, 6.07) is 9.10. The summed E-state index contributed by atoms with van der Waals surface area (Å²) in [5.74, 6) is 0.207. The summed E-state index contributed by atoms with van der Waals surface area (Å²) >= 11 is 0. The molecule has 2 aromatic carbocycles. The van der Waals surface area contributed by atoms with Gasteiger partial charge in [0.25, 0.3) is 10.0 Å². The quantitative estimate of drug-likeness (QED) is 0.729. The third-order valence-electron chi connectivity index (χ3n) is 4.23. The van der Waals surface area contributed by atoms with Crippen molar-refractivity contribution in [1.29, 1.82) is 0 Å². The number of halogens is 1. The molecule has 1 heterocycles. The number of sulfonamides is 1. The number of benzene rings is 2. The molecule has 3 aromatic rings. The van der Waals surface area contributed by atoms with Crippen LogP contribution in [0.4, 0.5) is 10.1 Å². The Morgan fingerprint density at radius 3 is 2.35 bits per heavy atom. The van der Waals surface area contributed by atoms with Crippen molar-refractivity contribution >= 4 is 15.7 Å². The van der Waals surface area contributed by atoms with Crippen molar-refractivity contribution in [2.75, 3.05) is 4.72 Å². The topological polar surface area (TPSA) is 72.2 Å². The molecule has 136 valence electrons. The predicted octanol–water partition coefficient (Wildman–Crippen LogP) is 4.52. The van der Waals surface area contributed by atoms with Gasteiger partial charge in [-0.25, -0.2) is 12.8 Å². The molecule has 3 rings (SSSR count). The zero-order valence-corrected chi connectivity index (χ0v) is 15.7. The minimum atomic E-state index is -3.84. The highest BCUT2D eigenvalue weighted by Crippen LogP contribution is 2.31. The van der Waals surface area contributed by atoms with Gasteiger partial charge in [0.1, 0.15) is 11.6 Å². The van der Waals surface area contributed by atoms with Gasteiger partial charge in [0.05, 0.1) is 16.3 Å². The van der Waals surface area contributed by atoms with Crippen molar-refractivity contribution in [3.8, 4) is 11.1 Å². The predicted molar refractivity (Wildman–Crippen MR) is 98.1 cm³/mol. The summed E-state index contributed by atoms with van der Waals surface area (Å²) in [6.07, 6.45) is 0. The molecule has 0 unspecified atom stereocenters. The second kappa shape index (κ2) is 6.57. The molecule has 0 aliphatic rings. The molecule has 26 heavy (non-hydrogen) atoms. The van der Waals surface area contributed by atoms with Gasteiger partial charge in [-0.3, -0.25) is 4.72 Å². The van der Waals surface area contributed by atoms with Gasteiger partial charge in [0.2, 0.25) is 0 Å². The highest BCUT2D eigenvalue weighted by atomic mass is 32.2. The Morgan fingerprint density at radius 2 is 1.73 bits per heavy atom. The number of hydrogen-bond acceptors (Lipinski definition) is 4. The van der Waals surface area contributed by atoms with Crippen LogP contribution in [0.1, 0.15) is 22.6 Å². The molecule has 1 N–H and O–H groups in total. The number of aromatic nitrogens is 1. The lowest BCUT2D eigenvalue weighted by Gasteiger charge is -2.13. The summed E-state index contributed by atoms with van der Waals surface area (Å²) in [4.78, 5) is 0.152. The van der Waals surface area contributed by atoms with E-state index in [0.717, 1.165) is 5.56 Å². The standard InChI is InChI=1S/C19H19FN2O3S/c1-11-5-6-15(19-13(3)21-25-14(19)4)10-18(11)26(23,24)22-17-8-7-16(20)9-12(17)2/h5-10,22H,1-4H3. The summed E-state index contributed by atoms with van der Waals surface area (Å²) in [7, 11) is -3.84. The number of nitrogens with zero attached hydrogens (tertiary/aromatic N) is 1. The Balaban J connectivity index is 2.06. The second-order valence-electron chi connectivity index (χ2n) is 6.24. The average Bonchev–Trinajstić information content (AvgIpc) is 2.89. The molecule has 0 aliphatic carbocycles. The van der Waals surface area contributed by atoms with E-state index < -0.39 is 15.8 Å². The molecular formula is C19H19FN2O3S. The summed E-state index contributed by atoms with van der Waals surface area (Å²) in [5.41, 5.74) is 3.63. The fraction of sp³-hybridized carbons (Fsp3) is 0.211. The molecule has 0 amide bonds. The monoisotopic (exact) mass is 374 g/mol. The molecule has 0 spiro atoms. The molecule has 5 nitrogen and oxygen atoms in total. The summed E-state index contributed by atoms with van der Waals surface area (Å²) in [5, 5.41) is 3.92. The van der Waals surface area contributed by atoms with Gasteiger partial charge in [-0.05, 0) is 68.7 Å². The van der Waals surface area contributed by atoms with Crippen LogP contribution >= 0.6 is 0 Å². The fourth-order valence-corrected chi connectivity index (χ4v) is 4.28. The Morgan fingerprint density at radius 1 is 1.00 bits per heavy atom. The van der Waals surface area contributed by atoms with Crippen molar-refractivity contribution in [3.05, 3.63) is 64.8 Å². The first-order valence-corrected chi connectivity index (χ1v) is 9.50. The van der Waals surface area contributed by atoms with E-state index in [9.17, 15) is 12.8 Å². The van der Waals surface area contributed by atoms with Crippen molar-refractivity contribution in [2.45, 2.75) is 32.6 Å². The van der Waals surface area contributed by atoms with Gasteiger partial charge in [0.15, 0.2) is 0 Å². The van der Waals surface area contributed by atoms with Crippen LogP contribution in [0.15, 0.2) is 45.8 Å². The first-order chi connectivity index (χ1) is 12.2. The number of nitrogens with one attached hydrogen (secondary N) is 1. The van der Waals surface area contributed by atoms with E-state index in [0.29, 0.717) is 33.8 Å². The van der Waals surface area contributed by atoms with E-state index in [1.807, 2.05) is 6.07 Å². The lowest BCUT2D eigenvalue weighted by atomic mass is 10.0. The highest BCUT2D eigenvalue weighted by molar-refractivity contribution is 7.92. The maximum atomic E-state index is 13.3. The van der Waals surface area contributed by atoms with Crippen LogP contribution in [-0.2, 0) is 10.0 Å². The zero-order chi connectivity index (χ0) is 19.1. The highest BCUT2D eigenvalue weighted by Gasteiger charge is 2.21. The van der Waals surface area contributed by atoms with E-state index in [4.69, 9.17) is 4.52 Å². The molecule has 0 bridgehead atoms. The molecule has 0 saturated heterocycles. The van der Waals surface area contributed by atoms with Gasteiger partial charge >= 0.3 is 0 Å². The lowest BCUT2D eigenvalue weighted by molar-refractivity contribution is 0.393. The van der Waals surface area contributed by atoms with Crippen molar-refractivity contribution in [3.63, 3.8) is 0 Å². The summed E-state index contributed by atoms with van der Waals surface area (Å²) < 4.78 is 46.8. The first-order valence-electron chi connectivity index (χ1n) is 8.02. The Labute approximate surface area is 151 Å². The normalized spacial score (nSPS) is 11.6. The minimum Gasteiger partial charge on any atom is -0.361 e. The van der Waals surface area contributed by atoms with E-state index >= 15 is 0 Å². The third-order valence-corrected chi connectivity index (χ3v) is 5.74. The Bertz CT molecular complexity index is 1070. The first kappa shape index (κ1) is 18.1. The van der Waals surface area contributed by atoms with Crippen LogP contribution in [-0.4, -0.2) is 13.6 Å². The SMILES string of the molecule is Cc1cc(F)ccc1NS(=O)(=O)c1cc(-c2c(C)noc2C)ccc1C. The van der Waals surface area contributed by atoms with Crippen LogP contribution in [0, 0.1) is 33.5 Å². The van der Waals surface area contributed by atoms with Crippen LogP contribution in [0.5, 0.6) is 0 Å². The largest absolute Gasteiger partial charge is 0.361 e. The number of hydrogen-bond donors (Lipinski definition) is 1. The van der Waals surface area contributed by atoms with E-state index in [2.05, 4.69) is 9.88 Å². The molecule has 0 radical (unpaired) electrons. The van der Waals surface area contributed by atoms with Gasteiger partial charge in [-0.1, -0.05) is 17.3 Å². The Hall–Kier alpha value is -2.67. The number of aryl methyl sites for hydroxylation is 4. The van der Waals surface area contributed by atoms with Crippen LogP contribution in [0.25, 0.3) is 11.1 Å². The average molecular weight is 374 g/mol. The number of rotatable bonds is 4. The molecule has 0 saturated carbocycles. The molecule has 1 aromatic heterocycles. The van der Waals surface area contributed by atoms with Gasteiger partial charge in [-0.15, -0.1) is 0 Å². The molecular weight excluding hydrogens is 355 g/mol. The van der Waals surface area contributed by atoms with E-state index in [-0.39, 0.29) is 4.90 Å². The van der Waals surface area contributed by atoms with Crippen molar-refractivity contribution in [2.24, 2.45) is 0 Å². The van der Waals surface area contributed by atoms with E-state index in [1.54, 1.807) is 39.8 Å². The molecule has 0 aliphatic heterocycles. The minimum absolute atomic E-state index is 0.152. The molecule has 7 heteroatoms. The van der Waals surface area contributed by atoms with Crippen LogP contribution < -0.4 is 4.72 Å².